The topological polar surface area (TPSA) is 35.2 Å². The van der Waals surface area contributed by atoms with Gasteiger partial charge >= 0.3 is 0 Å². The molecular formula is C17H27NO. The van der Waals surface area contributed by atoms with Crippen molar-refractivity contribution in [2.45, 2.75) is 52.0 Å². The van der Waals surface area contributed by atoms with E-state index >= 15 is 0 Å². The number of hydrogen-bond acceptors (Lipinski definition) is 2. The Kier molecular flexibility index (Phi) is 4.51. The molecule has 1 aromatic rings. The SMILES string of the molecule is CC(C)COc1ccc(C2(N)CCC(C)CC2)cc1. The van der Waals surface area contributed by atoms with Crippen molar-refractivity contribution in [2.75, 3.05) is 6.61 Å². The van der Waals surface area contributed by atoms with Crippen LogP contribution < -0.4 is 10.5 Å². The molecule has 0 unspecified atom stereocenters. The molecule has 19 heavy (non-hydrogen) atoms. The number of benzene rings is 1. The molecule has 0 atom stereocenters. The Labute approximate surface area is 117 Å². The third-order valence-electron chi connectivity index (χ3n) is 4.18. The molecule has 0 bridgehead atoms. The lowest BCUT2D eigenvalue weighted by molar-refractivity contribution is 0.247. The van der Waals surface area contributed by atoms with Gasteiger partial charge in [-0.05, 0) is 55.2 Å². The Bertz CT molecular complexity index is 388. The van der Waals surface area contributed by atoms with Crippen molar-refractivity contribution in [1.82, 2.24) is 0 Å². The number of rotatable bonds is 4. The van der Waals surface area contributed by atoms with Gasteiger partial charge in [-0.15, -0.1) is 0 Å². The van der Waals surface area contributed by atoms with Crippen molar-refractivity contribution in [2.24, 2.45) is 17.6 Å². The zero-order valence-electron chi connectivity index (χ0n) is 12.5. The zero-order chi connectivity index (χ0) is 13.9. The summed E-state index contributed by atoms with van der Waals surface area (Å²) in [7, 11) is 0. The summed E-state index contributed by atoms with van der Waals surface area (Å²) in [4.78, 5) is 0. The first kappa shape index (κ1) is 14.4. The normalized spacial score (nSPS) is 27.5. The zero-order valence-corrected chi connectivity index (χ0v) is 12.5. The van der Waals surface area contributed by atoms with Crippen molar-refractivity contribution in [3.8, 4) is 5.75 Å². The molecule has 1 aliphatic rings. The number of nitrogens with two attached hydrogens (primary N) is 1. The van der Waals surface area contributed by atoms with E-state index in [0.717, 1.165) is 31.1 Å². The summed E-state index contributed by atoms with van der Waals surface area (Å²) >= 11 is 0. The molecule has 0 saturated heterocycles. The van der Waals surface area contributed by atoms with E-state index in [2.05, 4.69) is 45.0 Å². The minimum atomic E-state index is -0.122. The first-order chi connectivity index (χ1) is 8.99. The van der Waals surface area contributed by atoms with E-state index in [1.54, 1.807) is 0 Å². The van der Waals surface area contributed by atoms with Gasteiger partial charge in [0.25, 0.3) is 0 Å². The van der Waals surface area contributed by atoms with Gasteiger partial charge in [-0.25, -0.2) is 0 Å². The molecule has 0 aliphatic heterocycles. The van der Waals surface area contributed by atoms with Crippen LogP contribution in [0, 0.1) is 11.8 Å². The van der Waals surface area contributed by atoms with Crippen LogP contribution in [-0.2, 0) is 5.54 Å². The minimum Gasteiger partial charge on any atom is -0.493 e. The van der Waals surface area contributed by atoms with E-state index in [1.165, 1.54) is 18.4 Å². The van der Waals surface area contributed by atoms with E-state index in [9.17, 15) is 0 Å². The fraction of sp³-hybridized carbons (Fsp3) is 0.647. The number of ether oxygens (including phenoxy) is 1. The molecule has 2 rings (SSSR count). The van der Waals surface area contributed by atoms with E-state index in [4.69, 9.17) is 10.5 Å². The second kappa shape index (κ2) is 5.96. The molecule has 1 fully saturated rings. The Morgan fingerprint density at radius 1 is 1.21 bits per heavy atom. The molecule has 2 heteroatoms. The van der Waals surface area contributed by atoms with Crippen molar-refractivity contribution in [3.05, 3.63) is 29.8 Å². The fourth-order valence-electron chi connectivity index (χ4n) is 2.71. The van der Waals surface area contributed by atoms with Crippen molar-refractivity contribution >= 4 is 0 Å². The summed E-state index contributed by atoms with van der Waals surface area (Å²) in [5.74, 6) is 2.33. The first-order valence-electron chi connectivity index (χ1n) is 7.52. The minimum absolute atomic E-state index is 0.122. The molecule has 2 nitrogen and oxygen atoms in total. The average Bonchev–Trinajstić information content (AvgIpc) is 2.40. The molecule has 1 saturated carbocycles. The smallest absolute Gasteiger partial charge is 0.119 e. The molecule has 0 spiro atoms. The summed E-state index contributed by atoms with van der Waals surface area (Å²) in [5.41, 5.74) is 7.71. The van der Waals surface area contributed by atoms with Crippen molar-refractivity contribution < 1.29 is 4.74 Å². The average molecular weight is 261 g/mol. The highest BCUT2D eigenvalue weighted by atomic mass is 16.5. The van der Waals surface area contributed by atoms with Gasteiger partial charge < -0.3 is 10.5 Å². The summed E-state index contributed by atoms with van der Waals surface area (Å²) in [6.07, 6.45) is 4.67. The van der Waals surface area contributed by atoms with Gasteiger partial charge in [0.05, 0.1) is 6.61 Å². The van der Waals surface area contributed by atoms with E-state index in [1.807, 2.05) is 0 Å². The maximum absolute atomic E-state index is 6.57. The molecule has 0 heterocycles. The quantitative estimate of drug-likeness (QED) is 0.886. The molecule has 106 valence electrons. The van der Waals surface area contributed by atoms with Crippen molar-refractivity contribution in [1.29, 1.82) is 0 Å². The van der Waals surface area contributed by atoms with Gasteiger partial charge in [-0.2, -0.15) is 0 Å². The van der Waals surface area contributed by atoms with Crippen LogP contribution in [0.15, 0.2) is 24.3 Å². The van der Waals surface area contributed by atoms with Crippen LogP contribution in [0.25, 0.3) is 0 Å². The van der Waals surface area contributed by atoms with Gasteiger partial charge in [-0.3, -0.25) is 0 Å². The van der Waals surface area contributed by atoms with Gasteiger partial charge in [0, 0.05) is 5.54 Å². The van der Waals surface area contributed by atoms with E-state index in [0.29, 0.717) is 5.92 Å². The molecule has 0 amide bonds. The Balaban J connectivity index is 2.01. The van der Waals surface area contributed by atoms with Crippen LogP contribution >= 0.6 is 0 Å². The first-order valence-corrected chi connectivity index (χ1v) is 7.52. The second-order valence-corrected chi connectivity index (χ2v) is 6.57. The third kappa shape index (κ3) is 3.73. The molecule has 1 aromatic carbocycles. The predicted molar refractivity (Wildman–Crippen MR) is 80.3 cm³/mol. The van der Waals surface area contributed by atoms with Gasteiger partial charge in [0.15, 0.2) is 0 Å². The summed E-state index contributed by atoms with van der Waals surface area (Å²) in [5, 5.41) is 0. The predicted octanol–water partition coefficient (Wildman–Crippen LogP) is 4.09. The highest BCUT2D eigenvalue weighted by Gasteiger charge is 2.31. The van der Waals surface area contributed by atoms with Crippen LogP contribution in [0.4, 0.5) is 0 Å². The molecule has 0 aromatic heterocycles. The van der Waals surface area contributed by atoms with Crippen LogP contribution in [0.2, 0.25) is 0 Å². The largest absolute Gasteiger partial charge is 0.493 e. The monoisotopic (exact) mass is 261 g/mol. The van der Waals surface area contributed by atoms with Crippen LogP contribution in [0.5, 0.6) is 5.75 Å². The lowest BCUT2D eigenvalue weighted by atomic mass is 9.74. The van der Waals surface area contributed by atoms with Crippen LogP contribution in [0.3, 0.4) is 0 Å². The van der Waals surface area contributed by atoms with Gasteiger partial charge in [0.2, 0.25) is 0 Å². The van der Waals surface area contributed by atoms with Crippen LogP contribution in [-0.4, -0.2) is 6.61 Å². The van der Waals surface area contributed by atoms with Crippen LogP contribution in [0.1, 0.15) is 52.0 Å². The Morgan fingerprint density at radius 3 is 2.32 bits per heavy atom. The molecular weight excluding hydrogens is 234 g/mol. The summed E-state index contributed by atoms with van der Waals surface area (Å²) < 4.78 is 5.72. The fourth-order valence-corrected chi connectivity index (χ4v) is 2.71. The van der Waals surface area contributed by atoms with E-state index < -0.39 is 0 Å². The Morgan fingerprint density at radius 2 is 1.79 bits per heavy atom. The lowest BCUT2D eigenvalue weighted by Gasteiger charge is -2.36. The van der Waals surface area contributed by atoms with Gasteiger partial charge in [-0.1, -0.05) is 32.9 Å². The molecule has 2 N–H and O–H groups in total. The summed E-state index contributed by atoms with van der Waals surface area (Å²) in [6, 6.07) is 8.41. The van der Waals surface area contributed by atoms with Gasteiger partial charge in [0.1, 0.15) is 5.75 Å². The Hall–Kier alpha value is -1.02. The molecule has 1 aliphatic carbocycles. The highest BCUT2D eigenvalue weighted by molar-refractivity contribution is 5.32. The standard InChI is InChI=1S/C17H27NO/c1-13(2)12-19-16-6-4-15(5-7-16)17(18)10-8-14(3)9-11-17/h4-7,13-14H,8-12,18H2,1-3H3. The second-order valence-electron chi connectivity index (χ2n) is 6.57. The lowest BCUT2D eigenvalue weighted by Crippen LogP contribution is -2.40. The highest BCUT2D eigenvalue weighted by Crippen LogP contribution is 2.37. The maximum Gasteiger partial charge on any atom is 0.119 e. The number of hydrogen-bond donors (Lipinski definition) is 1. The molecule has 0 radical (unpaired) electrons. The van der Waals surface area contributed by atoms with Crippen molar-refractivity contribution in [3.63, 3.8) is 0 Å². The maximum atomic E-state index is 6.57. The summed E-state index contributed by atoms with van der Waals surface area (Å²) in [6.45, 7) is 7.41. The third-order valence-corrected chi connectivity index (χ3v) is 4.18. The van der Waals surface area contributed by atoms with E-state index in [-0.39, 0.29) is 5.54 Å².